The lowest BCUT2D eigenvalue weighted by atomic mass is 10.1. The van der Waals surface area contributed by atoms with Gasteiger partial charge in [0.25, 0.3) is 0 Å². The van der Waals surface area contributed by atoms with Crippen LogP contribution in [-0.4, -0.2) is 29.9 Å². The van der Waals surface area contributed by atoms with Crippen molar-refractivity contribution in [2.45, 2.75) is 20.3 Å². The molecule has 1 aliphatic carbocycles. The number of rotatable bonds is 2. The number of nitrogens with one attached hydrogen (secondary N) is 1. The van der Waals surface area contributed by atoms with E-state index in [0.29, 0.717) is 12.5 Å². The van der Waals surface area contributed by atoms with E-state index in [1.807, 2.05) is 6.92 Å². The van der Waals surface area contributed by atoms with Crippen molar-refractivity contribution in [3.8, 4) is 0 Å². The summed E-state index contributed by atoms with van der Waals surface area (Å²) in [5, 5.41) is 2.38. The first kappa shape index (κ1) is 9.49. The summed E-state index contributed by atoms with van der Waals surface area (Å²) in [6.45, 7) is 5.44. The van der Waals surface area contributed by atoms with Crippen LogP contribution in [0.3, 0.4) is 0 Å². The lowest BCUT2D eigenvalue weighted by Crippen LogP contribution is -2.54. The van der Waals surface area contributed by atoms with E-state index >= 15 is 0 Å². The number of urea groups is 1. The van der Waals surface area contributed by atoms with Crippen LogP contribution in [0.15, 0.2) is 0 Å². The van der Waals surface area contributed by atoms with Crippen LogP contribution in [0.2, 0.25) is 0 Å². The maximum Gasteiger partial charge on any atom is 0.324 e. The smallest absolute Gasteiger partial charge is 0.323 e. The minimum atomic E-state index is -0.216. The fraction of sp³-hybridized carbons (Fsp3) is 0.800. The molecule has 3 atom stereocenters. The second-order valence-corrected chi connectivity index (χ2v) is 4.57. The quantitative estimate of drug-likeness (QED) is 0.711. The molecule has 3 unspecified atom stereocenters. The average Bonchev–Trinajstić information content (AvgIpc) is 2.78. The van der Waals surface area contributed by atoms with Gasteiger partial charge in [0.05, 0.1) is 5.92 Å². The van der Waals surface area contributed by atoms with Crippen LogP contribution in [0.4, 0.5) is 4.79 Å². The van der Waals surface area contributed by atoms with Gasteiger partial charge in [-0.1, -0.05) is 13.8 Å². The molecule has 2 aliphatic rings. The van der Waals surface area contributed by atoms with Gasteiger partial charge in [0.1, 0.15) is 0 Å². The van der Waals surface area contributed by atoms with Gasteiger partial charge in [-0.15, -0.1) is 0 Å². The van der Waals surface area contributed by atoms with Crippen LogP contribution >= 0.6 is 0 Å². The first-order chi connectivity index (χ1) is 6.58. The van der Waals surface area contributed by atoms with E-state index in [9.17, 15) is 9.59 Å². The SMILES string of the molecule is CC1CN(CC2CC2C)C(=O)NC1=O. The van der Waals surface area contributed by atoms with E-state index in [1.165, 1.54) is 6.42 Å². The van der Waals surface area contributed by atoms with Crippen molar-refractivity contribution in [2.75, 3.05) is 13.1 Å². The summed E-state index contributed by atoms with van der Waals surface area (Å²) in [4.78, 5) is 24.3. The summed E-state index contributed by atoms with van der Waals surface area (Å²) in [5.74, 6) is 1.19. The molecule has 0 bridgehead atoms. The van der Waals surface area contributed by atoms with Crippen molar-refractivity contribution in [3.63, 3.8) is 0 Å². The molecule has 1 saturated heterocycles. The molecule has 4 heteroatoms. The van der Waals surface area contributed by atoms with Gasteiger partial charge >= 0.3 is 6.03 Å². The molecule has 1 N–H and O–H groups in total. The molecule has 0 radical (unpaired) electrons. The van der Waals surface area contributed by atoms with Gasteiger partial charge in [-0.2, -0.15) is 0 Å². The van der Waals surface area contributed by atoms with E-state index in [2.05, 4.69) is 12.2 Å². The van der Waals surface area contributed by atoms with Gasteiger partial charge in [0.2, 0.25) is 5.91 Å². The van der Waals surface area contributed by atoms with Crippen molar-refractivity contribution < 1.29 is 9.59 Å². The normalized spacial score (nSPS) is 37.0. The average molecular weight is 196 g/mol. The highest BCUT2D eigenvalue weighted by Gasteiger charge is 2.37. The molecule has 2 fully saturated rings. The summed E-state index contributed by atoms with van der Waals surface area (Å²) < 4.78 is 0. The number of amides is 3. The molecular formula is C10H16N2O2. The summed E-state index contributed by atoms with van der Waals surface area (Å²) >= 11 is 0. The standard InChI is InChI=1S/C10H16N2O2/c1-6-3-8(6)5-12-4-7(2)9(13)11-10(12)14/h6-8H,3-5H2,1-2H3,(H,11,13,14). The van der Waals surface area contributed by atoms with Crippen molar-refractivity contribution in [1.29, 1.82) is 0 Å². The Labute approximate surface area is 83.6 Å². The molecule has 1 saturated carbocycles. The third kappa shape index (κ3) is 1.74. The van der Waals surface area contributed by atoms with Gasteiger partial charge in [-0.25, -0.2) is 4.79 Å². The Morgan fingerprint density at radius 1 is 1.43 bits per heavy atom. The number of imide groups is 1. The van der Waals surface area contributed by atoms with Crippen LogP contribution in [-0.2, 0) is 4.79 Å². The largest absolute Gasteiger partial charge is 0.324 e. The van der Waals surface area contributed by atoms with Crippen LogP contribution in [0.25, 0.3) is 0 Å². The second kappa shape index (κ2) is 3.26. The molecule has 4 nitrogen and oxygen atoms in total. The third-order valence-corrected chi connectivity index (χ3v) is 3.19. The van der Waals surface area contributed by atoms with Crippen molar-refractivity contribution in [3.05, 3.63) is 0 Å². The maximum atomic E-state index is 11.4. The van der Waals surface area contributed by atoms with E-state index in [4.69, 9.17) is 0 Å². The van der Waals surface area contributed by atoms with Crippen LogP contribution < -0.4 is 5.32 Å². The van der Waals surface area contributed by atoms with E-state index in [1.54, 1.807) is 4.90 Å². The minimum absolute atomic E-state index is 0.0678. The Bertz CT molecular complexity index is 277. The Morgan fingerprint density at radius 3 is 2.64 bits per heavy atom. The molecule has 0 spiro atoms. The number of carbonyl (C=O) groups is 2. The zero-order chi connectivity index (χ0) is 10.3. The molecule has 2 rings (SSSR count). The fourth-order valence-electron chi connectivity index (χ4n) is 1.90. The predicted molar refractivity (Wildman–Crippen MR) is 51.5 cm³/mol. The van der Waals surface area contributed by atoms with Gasteiger partial charge in [0.15, 0.2) is 0 Å². The molecule has 78 valence electrons. The lowest BCUT2D eigenvalue weighted by Gasteiger charge is -2.30. The van der Waals surface area contributed by atoms with Gasteiger partial charge in [-0.05, 0) is 18.3 Å². The summed E-state index contributed by atoms with van der Waals surface area (Å²) in [5.41, 5.74) is 0. The highest BCUT2D eigenvalue weighted by molar-refractivity contribution is 5.97. The monoisotopic (exact) mass is 196 g/mol. The van der Waals surface area contributed by atoms with Gasteiger partial charge in [-0.3, -0.25) is 10.1 Å². The van der Waals surface area contributed by atoms with Gasteiger partial charge in [0, 0.05) is 13.1 Å². The molecule has 1 aliphatic heterocycles. The lowest BCUT2D eigenvalue weighted by molar-refractivity contribution is -0.125. The fourth-order valence-corrected chi connectivity index (χ4v) is 1.90. The molecule has 0 aromatic carbocycles. The van der Waals surface area contributed by atoms with E-state index in [0.717, 1.165) is 12.5 Å². The Hall–Kier alpha value is -1.06. The zero-order valence-corrected chi connectivity index (χ0v) is 8.62. The second-order valence-electron chi connectivity index (χ2n) is 4.57. The maximum absolute atomic E-state index is 11.4. The third-order valence-electron chi connectivity index (χ3n) is 3.19. The number of hydrogen-bond donors (Lipinski definition) is 1. The Kier molecular flexibility index (Phi) is 2.21. The Morgan fingerprint density at radius 2 is 2.07 bits per heavy atom. The summed E-state index contributed by atoms with van der Waals surface area (Å²) in [6.07, 6.45) is 1.21. The topological polar surface area (TPSA) is 49.4 Å². The van der Waals surface area contributed by atoms with Crippen molar-refractivity contribution in [1.82, 2.24) is 10.2 Å². The molecule has 0 aromatic rings. The molecule has 0 aromatic heterocycles. The van der Waals surface area contributed by atoms with E-state index in [-0.39, 0.29) is 17.9 Å². The minimum Gasteiger partial charge on any atom is -0.323 e. The zero-order valence-electron chi connectivity index (χ0n) is 8.62. The Balaban J connectivity index is 1.91. The molecular weight excluding hydrogens is 180 g/mol. The van der Waals surface area contributed by atoms with Crippen molar-refractivity contribution >= 4 is 11.9 Å². The summed E-state index contributed by atoms with van der Waals surface area (Å²) in [7, 11) is 0. The molecule has 1 heterocycles. The first-order valence-electron chi connectivity index (χ1n) is 5.17. The first-order valence-corrected chi connectivity index (χ1v) is 5.17. The van der Waals surface area contributed by atoms with E-state index < -0.39 is 0 Å². The number of hydrogen-bond acceptors (Lipinski definition) is 2. The predicted octanol–water partition coefficient (Wildman–Crippen LogP) is 0.830. The van der Waals surface area contributed by atoms with Crippen molar-refractivity contribution in [2.24, 2.45) is 17.8 Å². The van der Waals surface area contributed by atoms with Crippen LogP contribution in [0, 0.1) is 17.8 Å². The van der Waals surface area contributed by atoms with Crippen LogP contribution in [0.5, 0.6) is 0 Å². The number of carbonyl (C=O) groups excluding carboxylic acids is 2. The van der Waals surface area contributed by atoms with Gasteiger partial charge < -0.3 is 4.90 Å². The molecule has 14 heavy (non-hydrogen) atoms. The van der Waals surface area contributed by atoms with Crippen LogP contribution in [0.1, 0.15) is 20.3 Å². The molecule has 3 amide bonds. The number of nitrogens with zero attached hydrogens (tertiary/aromatic N) is 1. The highest BCUT2D eigenvalue weighted by Crippen LogP contribution is 2.38. The highest BCUT2D eigenvalue weighted by atomic mass is 16.2. The summed E-state index contributed by atoms with van der Waals surface area (Å²) in [6, 6.07) is -0.216.